The zero-order valence-electron chi connectivity index (χ0n) is 13.3. The van der Waals surface area contributed by atoms with E-state index < -0.39 is 17.4 Å². The van der Waals surface area contributed by atoms with E-state index >= 15 is 0 Å². The van der Waals surface area contributed by atoms with Gasteiger partial charge in [0.1, 0.15) is 0 Å². The molecule has 0 atom stereocenters. The molecule has 4 aromatic rings. The molecule has 0 spiro atoms. The molecule has 0 saturated heterocycles. The molecule has 26 heavy (non-hydrogen) atoms. The average Bonchev–Trinajstić information content (AvgIpc) is 3.02. The fraction of sp³-hybridized carbons (Fsp3) is 0.0526. The Morgan fingerprint density at radius 3 is 2.08 bits per heavy atom. The van der Waals surface area contributed by atoms with E-state index in [1.165, 1.54) is 6.07 Å². The van der Waals surface area contributed by atoms with Gasteiger partial charge in [0, 0.05) is 17.7 Å². The number of fused-ring (bicyclic) bond motifs is 1. The Balaban J connectivity index is 2.10. The Morgan fingerprint density at radius 2 is 1.46 bits per heavy atom. The number of para-hydroxylation sites is 1. The molecule has 0 unspecified atom stereocenters. The molecule has 4 nitrogen and oxygen atoms in total. The molecule has 0 saturated carbocycles. The SMILES string of the molecule is O=c1cc(C(F)(F)F)nc2cc(-c3ccccc3)n(-c3ccccc3)n12. The van der Waals surface area contributed by atoms with Gasteiger partial charge in [0.05, 0.1) is 11.4 Å². The van der Waals surface area contributed by atoms with Crippen LogP contribution in [-0.2, 0) is 6.18 Å². The monoisotopic (exact) mass is 355 g/mol. The molecule has 2 heterocycles. The molecule has 7 heteroatoms. The Labute approximate surface area is 145 Å². The first kappa shape index (κ1) is 16.1. The minimum absolute atomic E-state index is 0.0625. The quantitative estimate of drug-likeness (QED) is 0.541. The third-order valence-corrected chi connectivity index (χ3v) is 3.98. The molecule has 0 N–H and O–H groups in total. The summed E-state index contributed by atoms with van der Waals surface area (Å²) in [6.45, 7) is 0. The van der Waals surface area contributed by atoms with Crippen molar-refractivity contribution in [1.29, 1.82) is 0 Å². The molecular formula is C19H12F3N3O. The molecule has 2 aromatic heterocycles. The topological polar surface area (TPSA) is 39.3 Å². The highest BCUT2D eigenvalue weighted by Gasteiger charge is 2.34. The Hall–Kier alpha value is -3.35. The Bertz CT molecular complexity index is 1130. The van der Waals surface area contributed by atoms with Crippen molar-refractivity contribution in [2.75, 3.05) is 0 Å². The van der Waals surface area contributed by atoms with Gasteiger partial charge in [-0.25, -0.2) is 9.67 Å². The maximum Gasteiger partial charge on any atom is 0.433 e. The Morgan fingerprint density at radius 1 is 0.846 bits per heavy atom. The largest absolute Gasteiger partial charge is 0.433 e. The van der Waals surface area contributed by atoms with Gasteiger partial charge in [0.25, 0.3) is 5.56 Å². The summed E-state index contributed by atoms with van der Waals surface area (Å²) in [5, 5.41) is 0. The van der Waals surface area contributed by atoms with Crippen molar-refractivity contribution in [1.82, 2.24) is 14.2 Å². The van der Waals surface area contributed by atoms with E-state index in [9.17, 15) is 18.0 Å². The molecule has 2 aromatic carbocycles. The van der Waals surface area contributed by atoms with Gasteiger partial charge in [0.15, 0.2) is 11.3 Å². The van der Waals surface area contributed by atoms with Gasteiger partial charge < -0.3 is 0 Å². The predicted octanol–water partition coefficient (Wildman–Crippen LogP) is 4.17. The first-order valence-corrected chi connectivity index (χ1v) is 7.79. The number of rotatable bonds is 2. The summed E-state index contributed by atoms with van der Waals surface area (Å²) in [4.78, 5) is 16.1. The summed E-state index contributed by atoms with van der Waals surface area (Å²) in [5.41, 5.74) is -0.0891. The van der Waals surface area contributed by atoms with Crippen LogP contribution in [0, 0.1) is 0 Å². The van der Waals surface area contributed by atoms with Gasteiger partial charge in [0.2, 0.25) is 0 Å². The van der Waals surface area contributed by atoms with Crippen LogP contribution in [0.25, 0.3) is 22.6 Å². The number of aromatic nitrogens is 3. The predicted molar refractivity (Wildman–Crippen MR) is 91.2 cm³/mol. The summed E-state index contributed by atoms with van der Waals surface area (Å²) in [7, 11) is 0. The second kappa shape index (κ2) is 5.87. The molecule has 0 amide bonds. The van der Waals surface area contributed by atoms with Crippen LogP contribution in [0.5, 0.6) is 0 Å². The van der Waals surface area contributed by atoms with E-state index in [4.69, 9.17) is 0 Å². The van der Waals surface area contributed by atoms with E-state index in [1.54, 1.807) is 28.9 Å². The number of hydrogen-bond donors (Lipinski definition) is 0. The molecule has 0 radical (unpaired) electrons. The van der Waals surface area contributed by atoms with Crippen molar-refractivity contribution in [3.63, 3.8) is 0 Å². The Kier molecular flexibility index (Phi) is 3.64. The summed E-state index contributed by atoms with van der Waals surface area (Å²) in [6.07, 6.45) is -4.68. The lowest BCUT2D eigenvalue weighted by molar-refractivity contribution is -0.141. The van der Waals surface area contributed by atoms with Crippen LogP contribution in [0.15, 0.2) is 77.6 Å². The fourth-order valence-corrected chi connectivity index (χ4v) is 2.86. The third kappa shape index (κ3) is 2.67. The summed E-state index contributed by atoms with van der Waals surface area (Å²) in [6, 6.07) is 20.1. The van der Waals surface area contributed by atoms with E-state index in [2.05, 4.69) is 4.98 Å². The van der Waals surface area contributed by atoms with Crippen molar-refractivity contribution in [3.05, 3.63) is 88.8 Å². The van der Waals surface area contributed by atoms with Crippen LogP contribution in [0.1, 0.15) is 5.69 Å². The van der Waals surface area contributed by atoms with E-state index in [0.717, 1.165) is 10.1 Å². The molecule has 0 fully saturated rings. The van der Waals surface area contributed by atoms with E-state index in [-0.39, 0.29) is 5.65 Å². The van der Waals surface area contributed by atoms with Crippen molar-refractivity contribution in [2.24, 2.45) is 0 Å². The lowest BCUT2D eigenvalue weighted by Crippen LogP contribution is -2.23. The lowest BCUT2D eigenvalue weighted by Gasteiger charge is -2.11. The normalized spacial score (nSPS) is 11.8. The number of benzene rings is 2. The molecule has 0 aliphatic heterocycles. The first-order valence-electron chi connectivity index (χ1n) is 7.79. The molecule has 0 bridgehead atoms. The first-order chi connectivity index (χ1) is 12.4. The number of alkyl halides is 3. The molecule has 4 rings (SSSR count). The van der Waals surface area contributed by atoms with Crippen LogP contribution in [-0.4, -0.2) is 14.2 Å². The minimum atomic E-state index is -4.68. The molecule has 0 aliphatic rings. The van der Waals surface area contributed by atoms with Gasteiger partial charge in [-0.2, -0.15) is 17.7 Å². The van der Waals surface area contributed by atoms with Gasteiger partial charge in [-0.15, -0.1) is 0 Å². The van der Waals surface area contributed by atoms with Gasteiger partial charge in [-0.05, 0) is 12.1 Å². The third-order valence-electron chi connectivity index (χ3n) is 3.98. The van der Waals surface area contributed by atoms with Crippen molar-refractivity contribution in [2.45, 2.75) is 6.18 Å². The zero-order chi connectivity index (χ0) is 18.3. The van der Waals surface area contributed by atoms with Crippen LogP contribution in [0.2, 0.25) is 0 Å². The van der Waals surface area contributed by atoms with Crippen LogP contribution < -0.4 is 5.56 Å². The lowest BCUT2D eigenvalue weighted by atomic mass is 10.1. The second-order valence-electron chi connectivity index (χ2n) is 5.69. The number of nitrogens with zero attached hydrogens (tertiary/aromatic N) is 3. The van der Waals surface area contributed by atoms with Crippen LogP contribution in [0.3, 0.4) is 0 Å². The number of halogens is 3. The van der Waals surface area contributed by atoms with Crippen molar-refractivity contribution >= 4 is 5.65 Å². The fourth-order valence-electron chi connectivity index (χ4n) is 2.86. The molecule has 0 aliphatic carbocycles. The maximum absolute atomic E-state index is 13.0. The smallest absolute Gasteiger partial charge is 0.267 e. The minimum Gasteiger partial charge on any atom is -0.267 e. The standard InChI is InChI=1S/C19H12F3N3O/c20-19(21,22)16-12-18(26)25-17(23-16)11-15(13-7-3-1-4-8-13)24(25)14-9-5-2-6-10-14/h1-12H. The maximum atomic E-state index is 13.0. The average molecular weight is 355 g/mol. The van der Waals surface area contributed by atoms with Crippen molar-refractivity contribution in [3.8, 4) is 16.9 Å². The summed E-state index contributed by atoms with van der Waals surface area (Å²) in [5.74, 6) is 0. The summed E-state index contributed by atoms with van der Waals surface area (Å²) < 4.78 is 41.8. The highest BCUT2D eigenvalue weighted by atomic mass is 19.4. The van der Waals surface area contributed by atoms with Gasteiger partial charge >= 0.3 is 6.18 Å². The zero-order valence-corrected chi connectivity index (χ0v) is 13.3. The second-order valence-corrected chi connectivity index (χ2v) is 5.69. The highest BCUT2D eigenvalue weighted by Crippen LogP contribution is 2.29. The van der Waals surface area contributed by atoms with Crippen LogP contribution in [0.4, 0.5) is 13.2 Å². The number of hydrogen-bond acceptors (Lipinski definition) is 2. The van der Waals surface area contributed by atoms with E-state index in [0.29, 0.717) is 17.4 Å². The van der Waals surface area contributed by atoms with Crippen molar-refractivity contribution < 1.29 is 13.2 Å². The van der Waals surface area contributed by atoms with Gasteiger partial charge in [-0.3, -0.25) is 4.79 Å². The summed E-state index contributed by atoms with van der Waals surface area (Å²) >= 11 is 0. The van der Waals surface area contributed by atoms with E-state index in [1.807, 2.05) is 36.4 Å². The molecule has 130 valence electrons. The molecular weight excluding hydrogens is 343 g/mol. The highest BCUT2D eigenvalue weighted by molar-refractivity contribution is 5.67. The van der Waals surface area contributed by atoms with Crippen LogP contribution >= 0.6 is 0 Å². The van der Waals surface area contributed by atoms with Gasteiger partial charge in [-0.1, -0.05) is 48.5 Å².